The van der Waals surface area contributed by atoms with Gasteiger partial charge in [0.2, 0.25) is 0 Å². The van der Waals surface area contributed by atoms with Crippen molar-refractivity contribution in [3.05, 3.63) is 61.8 Å². The molecule has 0 amide bonds. The molecule has 0 aliphatic heterocycles. The average Bonchev–Trinajstić information content (AvgIpc) is 2.42. The van der Waals surface area contributed by atoms with Crippen molar-refractivity contribution in [1.82, 2.24) is 4.98 Å². The van der Waals surface area contributed by atoms with E-state index in [1.807, 2.05) is 24.3 Å². The maximum absolute atomic E-state index is 10.9. The number of halogens is 2. The number of nitro groups is 1. The van der Waals surface area contributed by atoms with Crippen molar-refractivity contribution in [2.75, 3.05) is 11.9 Å². The number of nitrogens with one attached hydrogen (secondary N) is 1. The molecule has 0 bridgehead atoms. The van der Waals surface area contributed by atoms with Crippen molar-refractivity contribution in [1.29, 1.82) is 0 Å². The zero-order valence-electron chi connectivity index (χ0n) is 10.3. The van der Waals surface area contributed by atoms with Crippen LogP contribution in [0.15, 0.2) is 41.1 Å². The first-order valence-corrected chi connectivity index (χ1v) is 7.01. The third-order valence-electron chi connectivity index (χ3n) is 2.71. The fourth-order valence-electron chi connectivity index (χ4n) is 1.72. The quantitative estimate of drug-likeness (QED) is 0.648. The summed E-state index contributed by atoms with van der Waals surface area (Å²) in [5.41, 5.74) is 1.50. The lowest BCUT2D eigenvalue weighted by atomic mass is 10.1. The van der Waals surface area contributed by atoms with E-state index in [4.69, 9.17) is 11.6 Å². The molecule has 0 radical (unpaired) electrons. The van der Waals surface area contributed by atoms with Crippen LogP contribution >= 0.6 is 27.5 Å². The van der Waals surface area contributed by atoms with Crippen LogP contribution in [-0.2, 0) is 6.42 Å². The van der Waals surface area contributed by atoms with Gasteiger partial charge in [-0.1, -0.05) is 23.7 Å². The van der Waals surface area contributed by atoms with Gasteiger partial charge in [-0.15, -0.1) is 0 Å². The van der Waals surface area contributed by atoms with Crippen molar-refractivity contribution in [3.8, 4) is 0 Å². The van der Waals surface area contributed by atoms with Crippen LogP contribution < -0.4 is 5.32 Å². The summed E-state index contributed by atoms with van der Waals surface area (Å²) in [5, 5.41) is 14.7. The number of pyridine rings is 1. The van der Waals surface area contributed by atoms with E-state index in [2.05, 4.69) is 26.2 Å². The van der Waals surface area contributed by atoms with E-state index < -0.39 is 4.92 Å². The zero-order valence-corrected chi connectivity index (χ0v) is 12.7. The topological polar surface area (TPSA) is 68.1 Å². The fourth-order valence-corrected chi connectivity index (χ4v) is 2.31. The normalized spacial score (nSPS) is 10.3. The lowest BCUT2D eigenvalue weighted by Crippen LogP contribution is -2.07. The summed E-state index contributed by atoms with van der Waals surface area (Å²) >= 11 is 9.08. The van der Waals surface area contributed by atoms with Gasteiger partial charge in [0, 0.05) is 17.8 Å². The zero-order chi connectivity index (χ0) is 14.5. The fraction of sp³-hybridized carbons (Fsp3) is 0.154. The van der Waals surface area contributed by atoms with Crippen molar-refractivity contribution in [2.24, 2.45) is 0 Å². The number of hydrogen-bond donors (Lipinski definition) is 1. The second-order valence-corrected chi connectivity index (χ2v) is 5.37. The highest BCUT2D eigenvalue weighted by Crippen LogP contribution is 2.30. The minimum absolute atomic E-state index is 0.0459. The van der Waals surface area contributed by atoms with E-state index in [0.29, 0.717) is 21.7 Å². The molecule has 1 aromatic heterocycles. The maximum Gasteiger partial charge on any atom is 0.311 e. The van der Waals surface area contributed by atoms with Crippen LogP contribution in [0.2, 0.25) is 5.02 Å². The van der Waals surface area contributed by atoms with Gasteiger partial charge in [-0.25, -0.2) is 0 Å². The number of aromatic nitrogens is 1. The third-order valence-corrected chi connectivity index (χ3v) is 3.56. The van der Waals surface area contributed by atoms with E-state index >= 15 is 0 Å². The molecule has 0 atom stereocenters. The molecule has 104 valence electrons. The minimum Gasteiger partial charge on any atom is -0.378 e. The van der Waals surface area contributed by atoms with Gasteiger partial charge in [0.05, 0.1) is 9.40 Å². The molecule has 1 heterocycles. The monoisotopic (exact) mass is 355 g/mol. The van der Waals surface area contributed by atoms with Crippen LogP contribution in [0.1, 0.15) is 5.56 Å². The summed E-state index contributed by atoms with van der Waals surface area (Å²) < 4.78 is 0.572. The molecule has 5 nitrogen and oxygen atoms in total. The highest BCUT2D eigenvalue weighted by Gasteiger charge is 2.16. The van der Waals surface area contributed by atoms with Gasteiger partial charge in [0.1, 0.15) is 11.9 Å². The summed E-state index contributed by atoms with van der Waals surface area (Å²) in [5.74, 6) is 0. The van der Waals surface area contributed by atoms with Crippen LogP contribution in [0.5, 0.6) is 0 Å². The van der Waals surface area contributed by atoms with Crippen LogP contribution in [-0.4, -0.2) is 16.5 Å². The van der Waals surface area contributed by atoms with Crippen molar-refractivity contribution in [2.45, 2.75) is 6.42 Å². The molecular weight excluding hydrogens is 346 g/mol. The van der Waals surface area contributed by atoms with Gasteiger partial charge in [-0.2, -0.15) is 0 Å². The van der Waals surface area contributed by atoms with Gasteiger partial charge >= 0.3 is 5.69 Å². The Hall–Kier alpha value is -1.66. The Morgan fingerprint density at radius 3 is 2.65 bits per heavy atom. The second kappa shape index (κ2) is 6.67. The lowest BCUT2D eigenvalue weighted by Gasteiger charge is -2.08. The summed E-state index contributed by atoms with van der Waals surface area (Å²) in [6.07, 6.45) is 3.50. The van der Waals surface area contributed by atoms with E-state index in [9.17, 15) is 10.1 Å². The number of nitrogens with zero attached hydrogens (tertiary/aromatic N) is 2. The molecule has 2 aromatic rings. The Labute approximate surface area is 129 Å². The molecule has 2 rings (SSSR count). The molecular formula is C13H11BrClN3O2. The van der Waals surface area contributed by atoms with Gasteiger partial charge in [0.25, 0.3) is 0 Å². The molecule has 1 aromatic carbocycles. The number of rotatable bonds is 5. The van der Waals surface area contributed by atoms with E-state index in [-0.39, 0.29) is 5.69 Å². The summed E-state index contributed by atoms with van der Waals surface area (Å²) in [6, 6.07) is 7.50. The molecule has 0 saturated carbocycles. The Kier molecular flexibility index (Phi) is 4.92. The predicted molar refractivity (Wildman–Crippen MR) is 82.2 cm³/mol. The molecule has 0 aliphatic carbocycles. The van der Waals surface area contributed by atoms with Crippen LogP contribution in [0.3, 0.4) is 0 Å². The van der Waals surface area contributed by atoms with Crippen LogP contribution in [0, 0.1) is 10.1 Å². The molecule has 0 fully saturated rings. The number of benzene rings is 1. The largest absolute Gasteiger partial charge is 0.378 e. The lowest BCUT2D eigenvalue weighted by molar-refractivity contribution is -0.384. The first kappa shape index (κ1) is 14.7. The van der Waals surface area contributed by atoms with Crippen molar-refractivity contribution >= 4 is 38.9 Å². The van der Waals surface area contributed by atoms with Crippen molar-refractivity contribution < 1.29 is 4.92 Å². The average molecular weight is 357 g/mol. The summed E-state index contributed by atoms with van der Waals surface area (Å²) in [6.45, 7) is 0.574. The molecule has 0 spiro atoms. The second-order valence-electron chi connectivity index (χ2n) is 4.08. The number of hydrogen-bond acceptors (Lipinski definition) is 4. The van der Waals surface area contributed by atoms with Gasteiger partial charge < -0.3 is 5.32 Å². The molecule has 1 N–H and O–H groups in total. The van der Waals surface area contributed by atoms with E-state index in [1.54, 1.807) is 0 Å². The molecule has 0 aliphatic rings. The van der Waals surface area contributed by atoms with Crippen molar-refractivity contribution in [3.63, 3.8) is 0 Å². The van der Waals surface area contributed by atoms with Gasteiger partial charge in [-0.3, -0.25) is 15.1 Å². The Bertz CT molecular complexity index is 620. The first-order valence-electron chi connectivity index (χ1n) is 5.84. The molecule has 7 heteroatoms. The van der Waals surface area contributed by atoms with E-state index in [1.165, 1.54) is 12.4 Å². The first-order chi connectivity index (χ1) is 9.58. The predicted octanol–water partition coefficient (Wildman–Crippen LogP) is 4.06. The summed E-state index contributed by atoms with van der Waals surface area (Å²) in [4.78, 5) is 14.3. The molecule has 0 unspecified atom stereocenters. The number of anilines is 1. The Balaban J connectivity index is 2.04. The smallest absolute Gasteiger partial charge is 0.311 e. The van der Waals surface area contributed by atoms with E-state index in [0.717, 1.165) is 12.0 Å². The minimum atomic E-state index is -0.456. The molecule has 20 heavy (non-hydrogen) atoms. The highest BCUT2D eigenvalue weighted by molar-refractivity contribution is 9.10. The molecule has 0 saturated heterocycles. The maximum atomic E-state index is 10.9. The van der Waals surface area contributed by atoms with Crippen LogP contribution in [0.4, 0.5) is 11.4 Å². The Morgan fingerprint density at radius 2 is 2.00 bits per heavy atom. The standard InChI is InChI=1S/C13H11BrClN3O2/c14-11-7-16-8-12(18(19)20)13(11)17-6-5-9-1-3-10(15)4-2-9/h1-4,7-8H,5-6H2,(H,16,17). The van der Waals surface area contributed by atoms with Gasteiger partial charge in [0.15, 0.2) is 0 Å². The highest BCUT2D eigenvalue weighted by atomic mass is 79.9. The van der Waals surface area contributed by atoms with Gasteiger partial charge in [-0.05, 0) is 40.0 Å². The van der Waals surface area contributed by atoms with Crippen LogP contribution in [0.25, 0.3) is 0 Å². The third kappa shape index (κ3) is 3.68. The SMILES string of the molecule is O=[N+]([O-])c1cncc(Br)c1NCCc1ccc(Cl)cc1. The summed E-state index contributed by atoms with van der Waals surface area (Å²) in [7, 11) is 0. The Morgan fingerprint density at radius 1 is 1.30 bits per heavy atom.